The summed E-state index contributed by atoms with van der Waals surface area (Å²) in [5.74, 6) is 2.52. The summed E-state index contributed by atoms with van der Waals surface area (Å²) in [6.07, 6.45) is 1.79. The first-order valence-electron chi connectivity index (χ1n) is 6.77. The Morgan fingerprint density at radius 1 is 1.24 bits per heavy atom. The largest absolute Gasteiger partial charge is 0.497 e. The number of hydrogen-bond acceptors (Lipinski definition) is 5. The molecule has 21 heavy (non-hydrogen) atoms. The van der Waals surface area contributed by atoms with Gasteiger partial charge in [-0.05, 0) is 43.5 Å². The first-order valence-corrected chi connectivity index (χ1v) is 6.77. The maximum absolute atomic E-state index is 5.25. The lowest BCUT2D eigenvalue weighted by atomic mass is 10.1. The van der Waals surface area contributed by atoms with Crippen LogP contribution in [0, 0.1) is 13.8 Å². The molecule has 0 amide bonds. The van der Waals surface area contributed by atoms with Crippen molar-refractivity contribution in [2.75, 3.05) is 12.4 Å². The highest BCUT2D eigenvalue weighted by atomic mass is 16.5. The van der Waals surface area contributed by atoms with Gasteiger partial charge in [0.25, 0.3) is 0 Å². The summed E-state index contributed by atoms with van der Waals surface area (Å²) in [5.41, 5.74) is 1.98. The molecule has 3 rings (SSSR count). The average Bonchev–Trinajstić information content (AvgIpc) is 2.83. The highest BCUT2D eigenvalue weighted by molar-refractivity contribution is 5.92. The van der Waals surface area contributed by atoms with Crippen molar-refractivity contribution < 1.29 is 9.26 Å². The first-order chi connectivity index (χ1) is 10.2. The van der Waals surface area contributed by atoms with E-state index in [1.54, 1.807) is 13.3 Å². The second kappa shape index (κ2) is 5.44. The Hall–Kier alpha value is -2.56. The van der Waals surface area contributed by atoms with E-state index in [2.05, 4.69) is 15.5 Å². The van der Waals surface area contributed by atoms with E-state index in [0.717, 1.165) is 39.4 Å². The highest BCUT2D eigenvalue weighted by Gasteiger charge is 2.10. The predicted octanol–water partition coefficient (Wildman–Crippen LogP) is 3.46. The number of nitrogens with zero attached hydrogens (tertiary/aromatic N) is 2. The van der Waals surface area contributed by atoms with E-state index in [4.69, 9.17) is 9.26 Å². The standard InChI is InChI=1S/C16H17N3O2/c1-10-15(11(2)21-19-10)9-18-16-14-5-4-13(20-3)8-12(14)6-7-17-16/h4-8H,9H2,1-3H3,(H,17,18). The molecule has 0 unspecified atom stereocenters. The Bertz CT molecular complexity index is 761. The molecular formula is C16H17N3O2. The molecule has 5 heteroatoms. The molecule has 0 aliphatic carbocycles. The van der Waals surface area contributed by atoms with Gasteiger partial charge in [0.05, 0.1) is 12.8 Å². The molecule has 2 heterocycles. The topological polar surface area (TPSA) is 60.2 Å². The number of nitrogens with one attached hydrogen (secondary N) is 1. The molecule has 0 spiro atoms. The van der Waals surface area contributed by atoms with Crippen LogP contribution < -0.4 is 10.1 Å². The van der Waals surface area contributed by atoms with Crippen molar-refractivity contribution in [3.63, 3.8) is 0 Å². The Morgan fingerprint density at radius 3 is 2.81 bits per heavy atom. The molecule has 1 aromatic carbocycles. The van der Waals surface area contributed by atoms with Gasteiger partial charge in [-0.1, -0.05) is 5.16 Å². The molecule has 1 N–H and O–H groups in total. The van der Waals surface area contributed by atoms with Gasteiger partial charge < -0.3 is 14.6 Å². The van der Waals surface area contributed by atoms with Crippen molar-refractivity contribution >= 4 is 16.6 Å². The summed E-state index contributed by atoms with van der Waals surface area (Å²) >= 11 is 0. The fourth-order valence-corrected chi connectivity index (χ4v) is 2.35. The van der Waals surface area contributed by atoms with Crippen LogP contribution in [0.5, 0.6) is 5.75 Å². The maximum Gasteiger partial charge on any atom is 0.138 e. The van der Waals surface area contributed by atoms with Gasteiger partial charge in [0, 0.05) is 23.7 Å². The molecular weight excluding hydrogens is 266 g/mol. The summed E-state index contributed by atoms with van der Waals surface area (Å²) in [7, 11) is 1.67. The van der Waals surface area contributed by atoms with Gasteiger partial charge in [-0.15, -0.1) is 0 Å². The quantitative estimate of drug-likeness (QED) is 0.794. The molecule has 0 saturated carbocycles. The van der Waals surface area contributed by atoms with Crippen LogP contribution in [0.2, 0.25) is 0 Å². The van der Waals surface area contributed by atoms with Gasteiger partial charge >= 0.3 is 0 Å². The van der Waals surface area contributed by atoms with Crippen LogP contribution in [0.3, 0.4) is 0 Å². The van der Waals surface area contributed by atoms with E-state index < -0.39 is 0 Å². The van der Waals surface area contributed by atoms with Crippen molar-refractivity contribution in [1.82, 2.24) is 10.1 Å². The normalized spacial score (nSPS) is 10.8. The lowest BCUT2D eigenvalue weighted by Gasteiger charge is -2.09. The minimum Gasteiger partial charge on any atom is -0.497 e. The number of rotatable bonds is 4. The monoisotopic (exact) mass is 283 g/mol. The molecule has 0 radical (unpaired) electrons. The van der Waals surface area contributed by atoms with Crippen molar-refractivity contribution in [2.45, 2.75) is 20.4 Å². The van der Waals surface area contributed by atoms with Crippen molar-refractivity contribution in [3.8, 4) is 5.75 Å². The van der Waals surface area contributed by atoms with E-state index in [-0.39, 0.29) is 0 Å². The van der Waals surface area contributed by atoms with Gasteiger partial charge in [-0.2, -0.15) is 0 Å². The zero-order chi connectivity index (χ0) is 14.8. The number of hydrogen-bond donors (Lipinski definition) is 1. The van der Waals surface area contributed by atoms with Crippen LogP contribution in [-0.4, -0.2) is 17.3 Å². The van der Waals surface area contributed by atoms with Crippen LogP contribution in [0.1, 0.15) is 17.0 Å². The average molecular weight is 283 g/mol. The maximum atomic E-state index is 5.25. The Balaban J connectivity index is 1.90. The molecule has 0 atom stereocenters. The van der Waals surface area contributed by atoms with Crippen LogP contribution in [0.15, 0.2) is 35.0 Å². The molecule has 0 saturated heterocycles. The van der Waals surface area contributed by atoms with E-state index in [1.165, 1.54) is 0 Å². The fraction of sp³-hybridized carbons (Fsp3) is 0.250. The third-order valence-corrected chi connectivity index (χ3v) is 3.59. The van der Waals surface area contributed by atoms with Gasteiger partial charge in [0.2, 0.25) is 0 Å². The van der Waals surface area contributed by atoms with E-state index in [9.17, 15) is 0 Å². The second-order valence-corrected chi connectivity index (χ2v) is 4.90. The second-order valence-electron chi connectivity index (χ2n) is 4.90. The van der Waals surface area contributed by atoms with Crippen molar-refractivity contribution in [3.05, 3.63) is 47.5 Å². The van der Waals surface area contributed by atoms with Crippen molar-refractivity contribution in [2.24, 2.45) is 0 Å². The lowest BCUT2D eigenvalue weighted by Crippen LogP contribution is -2.03. The number of benzene rings is 1. The summed E-state index contributed by atoms with van der Waals surface area (Å²) in [4.78, 5) is 4.42. The minimum absolute atomic E-state index is 0.638. The molecule has 0 aliphatic heterocycles. The third kappa shape index (κ3) is 2.54. The number of fused-ring (bicyclic) bond motifs is 1. The molecule has 0 bridgehead atoms. The number of pyridine rings is 1. The Kier molecular flexibility index (Phi) is 3.48. The highest BCUT2D eigenvalue weighted by Crippen LogP contribution is 2.26. The van der Waals surface area contributed by atoms with Gasteiger partial charge in [-0.3, -0.25) is 0 Å². The summed E-state index contributed by atoms with van der Waals surface area (Å²) in [6, 6.07) is 7.92. The minimum atomic E-state index is 0.638. The Morgan fingerprint density at radius 2 is 2.10 bits per heavy atom. The first kappa shape index (κ1) is 13.4. The third-order valence-electron chi connectivity index (χ3n) is 3.59. The molecule has 0 aliphatic rings. The predicted molar refractivity (Wildman–Crippen MR) is 81.6 cm³/mol. The molecule has 3 aromatic rings. The smallest absolute Gasteiger partial charge is 0.138 e. The summed E-state index contributed by atoms with van der Waals surface area (Å²) < 4.78 is 10.4. The molecule has 108 valence electrons. The number of aromatic nitrogens is 2. The van der Waals surface area contributed by atoms with Crippen LogP contribution in [-0.2, 0) is 6.54 Å². The Labute approximate surface area is 122 Å². The van der Waals surface area contributed by atoms with E-state index in [0.29, 0.717) is 6.54 Å². The fourth-order valence-electron chi connectivity index (χ4n) is 2.35. The van der Waals surface area contributed by atoms with Crippen LogP contribution in [0.4, 0.5) is 5.82 Å². The summed E-state index contributed by atoms with van der Waals surface area (Å²) in [5, 5.41) is 9.47. The molecule has 5 nitrogen and oxygen atoms in total. The molecule has 0 fully saturated rings. The van der Waals surface area contributed by atoms with Crippen LogP contribution >= 0.6 is 0 Å². The van der Waals surface area contributed by atoms with E-state index >= 15 is 0 Å². The van der Waals surface area contributed by atoms with Crippen molar-refractivity contribution in [1.29, 1.82) is 0 Å². The van der Waals surface area contributed by atoms with Gasteiger partial charge in [0.15, 0.2) is 0 Å². The number of ether oxygens (including phenoxy) is 1. The number of aryl methyl sites for hydroxylation is 2. The van der Waals surface area contributed by atoms with Crippen LogP contribution in [0.25, 0.3) is 10.8 Å². The zero-order valence-corrected chi connectivity index (χ0v) is 12.3. The number of anilines is 1. The lowest BCUT2D eigenvalue weighted by molar-refractivity contribution is 0.392. The van der Waals surface area contributed by atoms with Gasteiger partial charge in [0.1, 0.15) is 17.3 Å². The molecule has 2 aromatic heterocycles. The van der Waals surface area contributed by atoms with E-state index in [1.807, 2.05) is 38.1 Å². The SMILES string of the molecule is COc1ccc2c(NCc3c(C)noc3C)nccc2c1. The zero-order valence-electron chi connectivity index (χ0n) is 12.3. The summed E-state index contributed by atoms with van der Waals surface area (Å²) in [6.45, 7) is 4.49. The number of methoxy groups -OCH3 is 1. The van der Waals surface area contributed by atoms with Gasteiger partial charge in [-0.25, -0.2) is 4.98 Å².